The Bertz CT molecular complexity index is 1380. The van der Waals surface area contributed by atoms with Gasteiger partial charge in [0.25, 0.3) is 0 Å². The van der Waals surface area contributed by atoms with Crippen LogP contribution in [0.1, 0.15) is 66.8 Å². The lowest BCUT2D eigenvalue weighted by atomic mass is 9.72. The smallest absolute Gasteiger partial charge is 0.165 e. The van der Waals surface area contributed by atoms with Crippen molar-refractivity contribution in [3.63, 3.8) is 0 Å². The fraction of sp³-hybridized carbons (Fsp3) is 0.375. The summed E-state index contributed by atoms with van der Waals surface area (Å²) in [5, 5.41) is 11.4. The Morgan fingerprint density at radius 2 is 2.00 bits per heavy atom. The lowest BCUT2D eigenvalue weighted by Gasteiger charge is -2.33. The van der Waals surface area contributed by atoms with Gasteiger partial charge in [0.2, 0.25) is 0 Å². The molecule has 0 aliphatic heterocycles. The first-order valence-electron chi connectivity index (χ1n) is 13.1. The maximum atomic E-state index is 9.95. The SMILES string of the molecule is C=CCc1cc(C=Nc2sc3c(c2C#N)CC[C@H](C(C)(C)C)C3)cc(OCC)c1OCc1ccccc1Cl. The molecule has 0 saturated carbocycles. The summed E-state index contributed by atoms with van der Waals surface area (Å²) in [5.41, 5.74) is 4.92. The lowest BCUT2D eigenvalue weighted by Crippen LogP contribution is -2.26. The quantitative estimate of drug-likeness (QED) is 0.199. The number of ether oxygens (including phenoxy) is 2. The van der Waals surface area contributed by atoms with Crippen LogP contribution in [0.3, 0.4) is 0 Å². The number of nitriles is 1. The summed E-state index contributed by atoms with van der Waals surface area (Å²) in [4.78, 5) is 6.12. The molecule has 0 spiro atoms. The Morgan fingerprint density at radius 3 is 2.68 bits per heavy atom. The van der Waals surface area contributed by atoms with E-state index >= 15 is 0 Å². The number of halogens is 1. The van der Waals surface area contributed by atoms with Gasteiger partial charge in [0, 0.05) is 27.2 Å². The molecule has 0 radical (unpaired) electrons. The van der Waals surface area contributed by atoms with Crippen molar-refractivity contribution in [1.82, 2.24) is 0 Å². The predicted octanol–water partition coefficient (Wildman–Crippen LogP) is 8.88. The molecule has 0 N–H and O–H groups in total. The first-order chi connectivity index (χ1) is 18.2. The molecule has 1 aliphatic carbocycles. The molecule has 3 aromatic rings. The third-order valence-corrected chi connectivity index (χ3v) is 8.59. The lowest BCUT2D eigenvalue weighted by molar-refractivity contribution is 0.218. The number of fused-ring (bicyclic) bond motifs is 1. The van der Waals surface area contributed by atoms with Gasteiger partial charge < -0.3 is 9.47 Å². The van der Waals surface area contributed by atoms with Crippen molar-refractivity contribution in [2.45, 2.75) is 60.0 Å². The van der Waals surface area contributed by atoms with Crippen LogP contribution in [0.5, 0.6) is 11.5 Å². The van der Waals surface area contributed by atoms with Gasteiger partial charge in [-0.2, -0.15) is 5.26 Å². The van der Waals surface area contributed by atoms with Gasteiger partial charge in [0.1, 0.15) is 17.7 Å². The van der Waals surface area contributed by atoms with Crippen molar-refractivity contribution in [2.75, 3.05) is 6.61 Å². The Labute approximate surface area is 235 Å². The molecule has 4 nitrogen and oxygen atoms in total. The summed E-state index contributed by atoms with van der Waals surface area (Å²) >= 11 is 8.00. The second-order valence-electron chi connectivity index (χ2n) is 10.7. The molecule has 1 heterocycles. The summed E-state index contributed by atoms with van der Waals surface area (Å²) in [6, 6.07) is 14.1. The Balaban J connectivity index is 1.65. The Morgan fingerprint density at radius 1 is 1.21 bits per heavy atom. The van der Waals surface area contributed by atoms with E-state index in [9.17, 15) is 5.26 Å². The first kappa shape index (κ1) is 28.0. The van der Waals surface area contributed by atoms with Gasteiger partial charge in [0.05, 0.1) is 12.2 Å². The number of benzene rings is 2. The van der Waals surface area contributed by atoms with E-state index in [2.05, 4.69) is 33.4 Å². The highest BCUT2D eigenvalue weighted by atomic mass is 35.5. The van der Waals surface area contributed by atoms with Crippen LogP contribution >= 0.6 is 22.9 Å². The zero-order valence-corrected chi connectivity index (χ0v) is 24.2. The van der Waals surface area contributed by atoms with Crippen LogP contribution in [-0.2, 0) is 25.9 Å². The fourth-order valence-corrected chi connectivity index (χ4v) is 6.32. The van der Waals surface area contributed by atoms with Crippen LogP contribution in [-0.4, -0.2) is 12.8 Å². The summed E-state index contributed by atoms with van der Waals surface area (Å²) in [5.74, 6) is 1.95. The minimum absolute atomic E-state index is 0.255. The number of nitrogens with zero attached hydrogens (tertiary/aromatic N) is 2. The van der Waals surface area contributed by atoms with E-state index in [0.29, 0.717) is 42.1 Å². The number of aliphatic imine (C=N–C) groups is 1. The van der Waals surface area contributed by atoms with Crippen molar-refractivity contribution < 1.29 is 9.47 Å². The molecule has 2 aromatic carbocycles. The largest absolute Gasteiger partial charge is 0.490 e. The van der Waals surface area contributed by atoms with Crippen LogP contribution in [0.25, 0.3) is 0 Å². The molecule has 1 aliphatic rings. The van der Waals surface area contributed by atoms with E-state index in [1.54, 1.807) is 11.3 Å². The molecule has 1 aromatic heterocycles. The standard InChI is InChI=1S/C32H35ClN2O2S/c1-6-10-22-15-21(16-28(36-7-2)30(22)37-20-23-11-8-9-12-27(23)33)19-35-31-26(18-34)25-14-13-24(32(3,4)5)17-29(25)38-31/h6,8-9,11-12,15-16,19,24H,1,7,10,13-14,17,20H2,2-5H3/t24-/m0/s1. The molecule has 0 fully saturated rings. The van der Waals surface area contributed by atoms with Crippen molar-refractivity contribution >= 4 is 34.2 Å². The molecule has 0 bridgehead atoms. The molecule has 0 saturated heterocycles. The first-order valence-corrected chi connectivity index (χ1v) is 14.3. The van der Waals surface area contributed by atoms with Gasteiger partial charge in [-0.1, -0.05) is 56.6 Å². The van der Waals surface area contributed by atoms with E-state index in [0.717, 1.165) is 46.5 Å². The van der Waals surface area contributed by atoms with E-state index in [-0.39, 0.29) is 5.41 Å². The van der Waals surface area contributed by atoms with Crippen LogP contribution in [0.4, 0.5) is 5.00 Å². The van der Waals surface area contributed by atoms with Gasteiger partial charge in [-0.05, 0) is 73.3 Å². The number of thiophene rings is 1. The van der Waals surface area contributed by atoms with Crippen molar-refractivity contribution in [1.29, 1.82) is 5.26 Å². The number of hydrogen-bond donors (Lipinski definition) is 0. The summed E-state index contributed by atoms with van der Waals surface area (Å²) in [6.45, 7) is 13.6. The van der Waals surface area contributed by atoms with E-state index in [1.165, 1.54) is 10.4 Å². The van der Waals surface area contributed by atoms with Crippen LogP contribution < -0.4 is 9.47 Å². The molecule has 198 valence electrons. The highest BCUT2D eigenvalue weighted by Gasteiger charge is 2.32. The minimum atomic E-state index is 0.255. The van der Waals surface area contributed by atoms with Crippen molar-refractivity contribution in [3.05, 3.63) is 86.8 Å². The number of rotatable bonds is 9. The average molecular weight is 547 g/mol. The highest BCUT2D eigenvalue weighted by molar-refractivity contribution is 7.16. The molecule has 4 rings (SSSR count). The Kier molecular flexibility index (Phi) is 8.97. The molecule has 0 amide bonds. The van der Waals surface area contributed by atoms with Gasteiger partial charge in [-0.25, -0.2) is 4.99 Å². The molecule has 0 unspecified atom stereocenters. The van der Waals surface area contributed by atoms with Gasteiger partial charge >= 0.3 is 0 Å². The van der Waals surface area contributed by atoms with E-state index in [4.69, 9.17) is 26.1 Å². The van der Waals surface area contributed by atoms with Crippen LogP contribution in [0.15, 0.2) is 54.0 Å². The molecule has 1 atom stereocenters. The topological polar surface area (TPSA) is 54.6 Å². The third kappa shape index (κ3) is 6.31. The molecule has 6 heteroatoms. The van der Waals surface area contributed by atoms with Crippen LogP contribution in [0, 0.1) is 22.7 Å². The number of hydrogen-bond acceptors (Lipinski definition) is 5. The fourth-order valence-electron chi connectivity index (χ4n) is 4.91. The van der Waals surface area contributed by atoms with Gasteiger partial charge in [-0.3, -0.25) is 0 Å². The normalized spacial score (nSPS) is 15.2. The highest BCUT2D eigenvalue weighted by Crippen LogP contribution is 2.45. The van der Waals surface area contributed by atoms with Crippen molar-refractivity contribution in [3.8, 4) is 17.6 Å². The molecular formula is C32H35ClN2O2S. The van der Waals surface area contributed by atoms with Crippen LogP contribution in [0.2, 0.25) is 5.02 Å². The van der Waals surface area contributed by atoms with Gasteiger partial charge in [0.15, 0.2) is 11.5 Å². The monoisotopic (exact) mass is 546 g/mol. The summed E-state index contributed by atoms with van der Waals surface area (Å²) in [6.07, 6.45) is 7.37. The zero-order chi connectivity index (χ0) is 27.3. The zero-order valence-electron chi connectivity index (χ0n) is 22.6. The van der Waals surface area contributed by atoms with E-state index < -0.39 is 0 Å². The number of allylic oxidation sites excluding steroid dienone is 1. The summed E-state index contributed by atoms with van der Waals surface area (Å²) < 4.78 is 12.2. The van der Waals surface area contributed by atoms with Gasteiger partial charge in [-0.15, -0.1) is 17.9 Å². The molecule has 38 heavy (non-hydrogen) atoms. The van der Waals surface area contributed by atoms with E-state index in [1.807, 2.05) is 55.6 Å². The second-order valence-corrected chi connectivity index (χ2v) is 12.2. The molecular weight excluding hydrogens is 512 g/mol. The second kappa shape index (κ2) is 12.2. The maximum Gasteiger partial charge on any atom is 0.165 e. The maximum absolute atomic E-state index is 9.95. The minimum Gasteiger partial charge on any atom is -0.490 e. The third-order valence-electron chi connectivity index (χ3n) is 7.06. The predicted molar refractivity (Wildman–Crippen MR) is 159 cm³/mol. The average Bonchev–Trinajstić information content (AvgIpc) is 3.24. The van der Waals surface area contributed by atoms with Crippen molar-refractivity contribution in [2.24, 2.45) is 16.3 Å². The summed E-state index contributed by atoms with van der Waals surface area (Å²) in [7, 11) is 0. The Hall–Kier alpha value is -3.07.